The van der Waals surface area contributed by atoms with Gasteiger partial charge >= 0.3 is 11.8 Å². The van der Waals surface area contributed by atoms with E-state index in [0.717, 1.165) is 5.56 Å². The number of aromatic hydroxyl groups is 1. The van der Waals surface area contributed by atoms with Gasteiger partial charge in [-0.3, -0.25) is 9.59 Å². The second kappa shape index (κ2) is 8.33. The van der Waals surface area contributed by atoms with Crippen molar-refractivity contribution in [3.05, 3.63) is 63.6 Å². The first-order chi connectivity index (χ1) is 11.5. The van der Waals surface area contributed by atoms with Gasteiger partial charge in [-0.2, -0.15) is 5.10 Å². The highest BCUT2D eigenvalue weighted by Crippen LogP contribution is 2.22. The molecule has 0 aliphatic carbocycles. The van der Waals surface area contributed by atoms with E-state index in [1.54, 1.807) is 30.3 Å². The van der Waals surface area contributed by atoms with Crippen LogP contribution in [0.25, 0.3) is 0 Å². The van der Waals surface area contributed by atoms with Crippen molar-refractivity contribution in [1.29, 1.82) is 0 Å². The van der Waals surface area contributed by atoms with E-state index in [0.29, 0.717) is 10.6 Å². The van der Waals surface area contributed by atoms with Crippen LogP contribution in [-0.4, -0.2) is 23.1 Å². The molecular weight excluding hydrogens is 353 g/mol. The van der Waals surface area contributed by atoms with Gasteiger partial charge in [0.2, 0.25) is 0 Å². The molecule has 2 aromatic rings. The maximum atomic E-state index is 11.6. The van der Waals surface area contributed by atoms with Crippen molar-refractivity contribution >= 4 is 41.2 Å². The number of nitrogens with zero attached hydrogens (tertiary/aromatic N) is 1. The maximum Gasteiger partial charge on any atom is 0.329 e. The number of nitrogens with one attached hydrogen (secondary N) is 2. The third-order valence-electron chi connectivity index (χ3n) is 2.92. The summed E-state index contributed by atoms with van der Waals surface area (Å²) in [7, 11) is 0. The lowest BCUT2D eigenvalue weighted by Gasteiger charge is -2.04. The highest BCUT2D eigenvalue weighted by atomic mass is 35.5. The molecule has 2 aromatic carbocycles. The van der Waals surface area contributed by atoms with Gasteiger partial charge in [-0.15, -0.1) is 0 Å². The molecule has 0 bridgehead atoms. The van der Waals surface area contributed by atoms with Gasteiger partial charge in [-0.25, -0.2) is 5.43 Å². The molecule has 0 aliphatic heterocycles. The minimum Gasteiger partial charge on any atom is -0.506 e. The topological polar surface area (TPSA) is 90.8 Å². The summed E-state index contributed by atoms with van der Waals surface area (Å²) >= 11 is 11.5. The van der Waals surface area contributed by atoms with Gasteiger partial charge in [0.1, 0.15) is 5.75 Å². The molecule has 0 saturated heterocycles. The zero-order valence-corrected chi connectivity index (χ0v) is 13.8. The molecule has 0 aliphatic rings. The van der Waals surface area contributed by atoms with Crippen LogP contribution in [0.3, 0.4) is 0 Å². The average Bonchev–Trinajstić information content (AvgIpc) is 2.57. The van der Waals surface area contributed by atoms with Crippen LogP contribution in [0.4, 0.5) is 0 Å². The van der Waals surface area contributed by atoms with Crippen LogP contribution in [0.1, 0.15) is 11.1 Å². The fourth-order valence-electron chi connectivity index (χ4n) is 1.68. The van der Waals surface area contributed by atoms with Crippen molar-refractivity contribution in [2.24, 2.45) is 5.10 Å². The normalized spacial score (nSPS) is 10.6. The van der Waals surface area contributed by atoms with Crippen LogP contribution < -0.4 is 10.7 Å². The fourth-order valence-corrected chi connectivity index (χ4v) is 2.00. The molecule has 0 saturated carbocycles. The van der Waals surface area contributed by atoms with E-state index < -0.39 is 11.8 Å². The first kappa shape index (κ1) is 17.8. The molecule has 0 heterocycles. The van der Waals surface area contributed by atoms with E-state index in [1.165, 1.54) is 18.3 Å². The molecule has 24 heavy (non-hydrogen) atoms. The van der Waals surface area contributed by atoms with Crippen LogP contribution in [0, 0.1) is 0 Å². The first-order valence-electron chi connectivity index (χ1n) is 6.80. The quantitative estimate of drug-likeness (QED) is 0.441. The number of benzene rings is 2. The van der Waals surface area contributed by atoms with Crippen LogP contribution in [0.5, 0.6) is 5.75 Å². The summed E-state index contributed by atoms with van der Waals surface area (Å²) in [6.07, 6.45) is 1.30. The maximum absolute atomic E-state index is 11.6. The Morgan fingerprint density at radius 3 is 2.46 bits per heavy atom. The number of carbonyl (C=O) groups excluding carboxylic acids is 2. The number of amides is 2. The van der Waals surface area contributed by atoms with Crippen LogP contribution in [0.15, 0.2) is 47.6 Å². The molecule has 124 valence electrons. The van der Waals surface area contributed by atoms with Gasteiger partial charge in [0, 0.05) is 11.6 Å². The van der Waals surface area contributed by atoms with Crippen LogP contribution >= 0.6 is 23.2 Å². The first-order valence-corrected chi connectivity index (χ1v) is 7.55. The van der Waals surface area contributed by atoms with Crippen molar-refractivity contribution in [1.82, 2.24) is 10.7 Å². The van der Waals surface area contributed by atoms with Crippen LogP contribution in [0.2, 0.25) is 10.0 Å². The van der Waals surface area contributed by atoms with E-state index in [4.69, 9.17) is 23.2 Å². The standard InChI is InChI=1S/C16H13Cl2N3O3/c17-12-4-1-10(2-5-12)8-19-15(23)16(24)21-20-9-11-3-6-14(22)13(18)7-11/h1-7,9,22H,8H2,(H,19,23)(H,21,24)/b20-9+. The SMILES string of the molecule is O=C(NCc1ccc(Cl)cc1)C(=O)N/N=C/c1ccc(O)c(Cl)c1. The zero-order valence-electron chi connectivity index (χ0n) is 12.3. The summed E-state index contributed by atoms with van der Waals surface area (Å²) in [5, 5.41) is 16.2. The number of rotatable bonds is 4. The highest BCUT2D eigenvalue weighted by molar-refractivity contribution is 6.35. The van der Waals surface area contributed by atoms with Gasteiger partial charge in [0.15, 0.2) is 0 Å². The molecule has 2 rings (SSSR count). The Labute approximate surface area is 148 Å². The van der Waals surface area contributed by atoms with Gasteiger partial charge in [0.25, 0.3) is 0 Å². The second-order valence-corrected chi connectivity index (χ2v) is 5.56. The number of phenolic OH excluding ortho intramolecular Hbond substituents is 1. The van der Waals surface area contributed by atoms with E-state index in [2.05, 4.69) is 15.8 Å². The highest BCUT2D eigenvalue weighted by Gasteiger charge is 2.11. The lowest BCUT2D eigenvalue weighted by atomic mass is 10.2. The molecule has 8 heteroatoms. The van der Waals surface area contributed by atoms with E-state index in [9.17, 15) is 14.7 Å². The summed E-state index contributed by atoms with van der Waals surface area (Å²) in [6, 6.07) is 11.3. The largest absolute Gasteiger partial charge is 0.506 e. The van der Waals surface area contributed by atoms with E-state index in [-0.39, 0.29) is 17.3 Å². The molecule has 2 amide bonds. The summed E-state index contributed by atoms with van der Waals surface area (Å²) in [6.45, 7) is 0.195. The fraction of sp³-hybridized carbons (Fsp3) is 0.0625. The molecule has 0 fully saturated rings. The van der Waals surface area contributed by atoms with E-state index >= 15 is 0 Å². The van der Waals surface area contributed by atoms with Crippen molar-refractivity contribution < 1.29 is 14.7 Å². The molecule has 0 spiro atoms. The number of hydrazone groups is 1. The van der Waals surface area contributed by atoms with E-state index in [1.807, 2.05) is 0 Å². The van der Waals surface area contributed by atoms with Gasteiger partial charge < -0.3 is 10.4 Å². The number of halogens is 2. The van der Waals surface area contributed by atoms with Crippen molar-refractivity contribution in [3.63, 3.8) is 0 Å². The monoisotopic (exact) mass is 365 g/mol. The van der Waals surface area contributed by atoms with Gasteiger partial charge in [-0.05, 0) is 41.5 Å². The Balaban J connectivity index is 1.82. The Kier molecular flexibility index (Phi) is 6.17. The lowest BCUT2D eigenvalue weighted by molar-refractivity contribution is -0.139. The van der Waals surface area contributed by atoms with Crippen molar-refractivity contribution in [3.8, 4) is 5.75 Å². The number of hydrogen-bond donors (Lipinski definition) is 3. The number of hydrogen-bond acceptors (Lipinski definition) is 4. The van der Waals surface area contributed by atoms with Crippen LogP contribution in [-0.2, 0) is 16.1 Å². The van der Waals surface area contributed by atoms with Crippen molar-refractivity contribution in [2.75, 3.05) is 0 Å². The Morgan fingerprint density at radius 2 is 1.79 bits per heavy atom. The Hall–Kier alpha value is -2.57. The smallest absolute Gasteiger partial charge is 0.329 e. The average molecular weight is 366 g/mol. The lowest BCUT2D eigenvalue weighted by Crippen LogP contribution is -2.37. The molecule has 3 N–H and O–H groups in total. The predicted octanol–water partition coefficient (Wildman–Crippen LogP) is 2.47. The molecule has 0 atom stereocenters. The van der Waals surface area contributed by atoms with Gasteiger partial charge in [-0.1, -0.05) is 35.3 Å². The van der Waals surface area contributed by atoms with Crippen molar-refractivity contribution in [2.45, 2.75) is 6.54 Å². The number of phenols is 1. The minimum absolute atomic E-state index is 0.0561. The summed E-state index contributed by atoms with van der Waals surface area (Å²) < 4.78 is 0. The summed E-state index contributed by atoms with van der Waals surface area (Å²) in [5.41, 5.74) is 3.47. The van der Waals surface area contributed by atoms with Gasteiger partial charge in [0.05, 0.1) is 11.2 Å². The molecule has 0 radical (unpaired) electrons. The summed E-state index contributed by atoms with van der Waals surface area (Å²) in [4.78, 5) is 23.3. The molecule has 0 aromatic heterocycles. The Morgan fingerprint density at radius 1 is 1.08 bits per heavy atom. The number of carbonyl (C=O) groups is 2. The second-order valence-electron chi connectivity index (χ2n) is 4.72. The Bertz CT molecular complexity index is 777. The zero-order chi connectivity index (χ0) is 17.5. The summed E-state index contributed by atoms with van der Waals surface area (Å²) in [5.74, 6) is -1.77. The molecule has 6 nitrogen and oxygen atoms in total. The minimum atomic E-state index is -0.898. The third-order valence-corrected chi connectivity index (χ3v) is 3.48. The molecule has 0 unspecified atom stereocenters. The molecular formula is C16H13Cl2N3O3. The third kappa shape index (κ3) is 5.26. The predicted molar refractivity (Wildman–Crippen MR) is 92.2 cm³/mol.